The first-order chi connectivity index (χ1) is 8.19. The Morgan fingerprint density at radius 3 is 3.00 bits per heavy atom. The normalized spacial score (nSPS) is 10.8. The van der Waals surface area contributed by atoms with Crippen LogP contribution in [0.4, 0.5) is 4.39 Å². The highest BCUT2D eigenvalue weighted by Crippen LogP contribution is 2.18. The van der Waals surface area contributed by atoms with Gasteiger partial charge in [0.25, 0.3) is 0 Å². The Morgan fingerprint density at radius 2 is 2.29 bits per heavy atom. The van der Waals surface area contributed by atoms with Gasteiger partial charge in [0, 0.05) is 22.8 Å². The van der Waals surface area contributed by atoms with E-state index in [0.717, 1.165) is 22.1 Å². The number of rotatable bonds is 4. The molecule has 0 unspecified atom stereocenters. The average Bonchev–Trinajstić information content (AvgIpc) is 2.71. The van der Waals surface area contributed by atoms with Gasteiger partial charge in [0.05, 0.1) is 12.7 Å². The molecule has 1 aromatic carbocycles. The molecule has 3 nitrogen and oxygen atoms in total. The van der Waals surface area contributed by atoms with Gasteiger partial charge in [-0.2, -0.15) is 5.10 Å². The Hall–Kier alpha value is -1.20. The Bertz CT molecular complexity index is 510. The Morgan fingerprint density at radius 1 is 1.47 bits per heavy atom. The van der Waals surface area contributed by atoms with Crippen molar-refractivity contribution >= 4 is 15.9 Å². The number of hydrogen-bond donors (Lipinski definition) is 1. The van der Waals surface area contributed by atoms with Crippen molar-refractivity contribution in [2.24, 2.45) is 0 Å². The summed E-state index contributed by atoms with van der Waals surface area (Å²) >= 11 is 3.35. The molecule has 0 radical (unpaired) electrons. The molecule has 0 atom stereocenters. The van der Waals surface area contributed by atoms with Crippen LogP contribution in [0.25, 0.3) is 0 Å². The van der Waals surface area contributed by atoms with E-state index in [1.165, 1.54) is 12.1 Å². The number of halogens is 2. The zero-order valence-corrected chi connectivity index (χ0v) is 11.0. The Labute approximate surface area is 108 Å². The van der Waals surface area contributed by atoms with Crippen LogP contribution in [0.15, 0.2) is 35.1 Å². The largest absolute Gasteiger partial charge is 0.316 e. The molecule has 0 aliphatic heterocycles. The van der Waals surface area contributed by atoms with Crippen molar-refractivity contribution in [1.29, 1.82) is 0 Å². The predicted octanol–water partition coefficient (Wildman–Crippen LogP) is 2.55. The fourth-order valence-electron chi connectivity index (χ4n) is 1.61. The molecule has 0 aliphatic rings. The lowest BCUT2D eigenvalue weighted by Gasteiger charge is -2.04. The lowest BCUT2D eigenvalue weighted by atomic mass is 10.2. The molecule has 0 bridgehead atoms. The second-order valence-electron chi connectivity index (χ2n) is 3.81. The van der Waals surface area contributed by atoms with Crippen LogP contribution < -0.4 is 5.32 Å². The highest BCUT2D eigenvalue weighted by atomic mass is 79.9. The molecule has 1 aromatic heterocycles. The van der Waals surface area contributed by atoms with Gasteiger partial charge >= 0.3 is 0 Å². The second kappa shape index (κ2) is 5.42. The van der Waals surface area contributed by atoms with Crippen molar-refractivity contribution in [2.45, 2.75) is 13.1 Å². The maximum Gasteiger partial charge on any atom is 0.124 e. The quantitative estimate of drug-likeness (QED) is 0.940. The molecule has 0 amide bonds. The molecule has 90 valence electrons. The van der Waals surface area contributed by atoms with Crippen LogP contribution in [0.1, 0.15) is 11.1 Å². The zero-order valence-electron chi connectivity index (χ0n) is 9.45. The van der Waals surface area contributed by atoms with Gasteiger partial charge in [-0.15, -0.1) is 0 Å². The Kier molecular flexibility index (Phi) is 3.91. The number of benzene rings is 1. The summed E-state index contributed by atoms with van der Waals surface area (Å²) in [5.41, 5.74) is 2.14. The first-order valence-corrected chi connectivity index (χ1v) is 6.08. The number of hydrogen-bond acceptors (Lipinski definition) is 2. The summed E-state index contributed by atoms with van der Waals surface area (Å²) < 4.78 is 15.5. The molecule has 5 heteroatoms. The lowest BCUT2D eigenvalue weighted by molar-refractivity contribution is 0.623. The van der Waals surface area contributed by atoms with Gasteiger partial charge in [0.15, 0.2) is 0 Å². The molecule has 0 saturated carbocycles. The molecule has 0 aliphatic carbocycles. The minimum atomic E-state index is -0.239. The minimum absolute atomic E-state index is 0.239. The Balaban J connectivity index is 2.13. The van der Waals surface area contributed by atoms with E-state index >= 15 is 0 Å². The van der Waals surface area contributed by atoms with Gasteiger partial charge in [-0.05, 0) is 24.7 Å². The maximum absolute atomic E-state index is 12.9. The SMILES string of the molecule is CNCc1cnn(Cc2ccc(F)cc2Br)c1. The molecule has 1 N–H and O–H groups in total. The minimum Gasteiger partial charge on any atom is -0.316 e. The van der Waals surface area contributed by atoms with Crippen LogP contribution in [-0.2, 0) is 13.1 Å². The van der Waals surface area contributed by atoms with E-state index in [9.17, 15) is 4.39 Å². The van der Waals surface area contributed by atoms with E-state index in [4.69, 9.17) is 0 Å². The number of aromatic nitrogens is 2. The van der Waals surface area contributed by atoms with Crippen molar-refractivity contribution in [2.75, 3.05) is 7.05 Å². The predicted molar refractivity (Wildman–Crippen MR) is 68.2 cm³/mol. The smallest absolute Gasteiger partial charge is 0.124 e. The van der Waals surface area contributed by atoms with Crippen molar-refractivity contribution in [3.05, 3.63) is 52.0 Å². The van der Waals surface area contributed by atoms with Gasteiger partial charge in [-0.25, -0.2) is 4.39 Å². The summed E-state index contributed by atoms with van der Waals surface area (Å²) in [4.78, 5) is 0. The lowest BCUT2D eigenvalue weighted by Crippen LogP contribution is -2.04. The van der Waals surface area contributed by atoms with Crippen molar-refractivity contribution in [1.82, 2.24) is 15.1 Å². The molecule has 0 spiro atoms. The van der Waals surface area contributed by atoms with E-state index in [0.29, 0.717) is 6.54 Å². The van der Waals surface area contributed by atoms with Gasteiger partial charge in [-0.1, -0.05) is 22.0 Å². The molecule has 0 saturated heterocycles. The fourth-order valence-corrected chi connectivity index (χ4v) is 2.09. The van der Waals surface area contributed by atoms with Gasteiger partial charge in [0.1, 0.15) is 5.82 Å². The fraction of sp³-hybridized carbons (Fsp3) is 0.250. The summed E-state index contributed by atoms with van der Waals surface area (Å²) in [7, 11) is 1.90. The van der Waals surface area contributed by atoms with Crippen LogP contribution in [0, 0.1) is 5.82 Å². The second-order valence-corrected chi connectivity index (χ2v) is 4.67. The summed E-state index contributed by atoms with van der Waals surface area (Å²) in [6.45, 7) is 1.43. The standard InChI is InChI=1S/C12H13BrFN3/c1-15-5-9-6-16-17(7-9)8-10-2-3-11(14)4-12(10)13/h2-4,6-7,15H,5,8H2,1H3. The molecule has 2 rings (SSSR count). The summed E-state index contributed by atoms with van der Waals surface area (Å²) in [6.07, 6.45) is 3.81. The average molecular weight is 298 g/mol. The van der Waals surface area contributed by atoms with E-state index in [2.05, 4.69) is 26.3 Å². The molecule has 2 aromatic rings. The molecular formula is C12H13BrFN3. The number of nitrogens with zero attached hydrogens (tertiary/aromatic N) is 2. The van der Waals surface area contributed by atoms with Crippen molar-refractivity contribution in [3.63, 3.8) is 0 Å². The monoisotopic (exact) mass is 297 g/mol. The van der Waals surface area contributed by atoms with Crippen LogP contribution in [0.5, 0.6) is 0 Å². The topological polar surface area (TPSA) is 29.9 Å². The highest BCUT2D eigenvalue weighted by molar-refractivity contribution is 9.10. The molecule has 1 heterocycles. The third-order valence-electron chi connectivity index (χ3n) is 2.42. The van der Waals surface area contributed by atoms with E-state index < -0.39 is 0 Å². The third kappa shape index (κ3) is 3.14. The summed E-state index contributed by atoms with van der Waals surface area (Å²) in [6, 6.07) is 4.68. The molecule has 0 fully saturated rings. The highest BCUT2D eigenvalue weighted by Gasteiger charge is 2.04. The van der Waals surface area contributed by atoms with Crippen LogP contribution in [0.3, 0.4) is 0 Å². The van der Waals surface area contributed by atoms with E-state index in [1.54, 1.807) is 6.07 Å². The van der Waals surface area contributed by atoms with Gasteiger partial charge in [-0.3, -0.25) is 4.68 Å². The van der Waals surface area contributed by atoms with Crippen LogP contribution in [0.2, 0.25) is 0 Å². The first-order valence-electron chi connectivity index (χ1n) is 5.29. The molecular weight excluding hydrogens is 285 g/mol. The third-order valence-corrected chi connectivity index (χ3v) is 3.15. The first kappa shape index (κ1) is 12.3. The maximum atomic E-state index is 12.9. The van der Waals surface area contributed by atoms with Crippen molar-refractivity contribution in [3.8, 4) is 0 Å². The van der Waals surface area contributed by atoms with Crippen LogP contribution in [-0.4, -0.2) is 16.8 Å². The van der Waals surface area contributed by atoms with E-state index in [1.807, 2.05) is 24.1 Å². The summed E-state index contributed by atoms with van der Waals surface area (Å²) in [5, 5.41) is 7.32. The van der Waals surface area contributed by atoms with Crippen LogP contribution >= 0.6 is 15.9 Å². The number of nitrogens with one attached hydrogen (secondary N) is 1. The zero-order chi connectivity index (χ0) is 12.3. The van der Waals surface area contributed by atoms with Gasteiger partial charge < -0.3 is 5.32 Å². The molecule has 17 heavy (non-hydrogen) atoms. The van der Waals surface area contributed by atoms with Crippen molar-refractivity contribution < 1.29 is 4.39 Å². The summed E-state index contributed by atoms with van der Waals surface area (Å²) in [5.74, 6) is -0.239. The van der Waals surface area contributed by atoms with E-state index in [-0.39, 0.29) is 5.82 Å². The van der Waals surface area contributed by atoms with Gasteiger partial charge in [0.2, 0.25) is 0 Å².